The van der Waals surface area contributed by atoms with E-state index in [4.69, 9.17) is 4.74 Å². The molecule has 0 radical (unpaired) electrons. The van der Waals surface area contributed by atoms with Crippen molar-refractivity contribution >= 4 is 11.9 Å². The predicted octanol–water partition coefficient (Wildman–Crippen LogP) is 20.5. The average molecular weight is 1020 g/mol. The van der Waals surface area contributed by atoms with Gasteiger partial charge in [-0.2, -0.15) is 0 Å². The van der Waals surface area contributed by atoms with Gasteiger partial charge in [-0.25, -0.2) is 0 Å². The summed E-state index contributed by atoms with van der Waals surface area (Å²) in [7, 11) is 0. The minimum Gasteiger partial charge on any atom is -0.466 e. The van der Waals surface area contributed by atoms with E-state index in [2.05, 4.69) is 55.6 Å². The maximum absolute atomic E-state index is 12.5. The normalized spacial score (nSPS) is 12.9. The zero-order valence-corrected chi connectivity index (χ0v) is 48.9. The third-order valence-corrected chi connectivity index (χ3v) is 14.8. The molecule has 0 rings (SSSR count). The number of hydrogen-bond donors (Lipinski definition) is 3. The third-order valence-electron chi connectivity index (χ3n) is 14.8. The Kier molecular flexibility index (Phi) is 60.5. The van der Waals surface area contributed by atoms with Crippen molar-refractivity contribution in [3.8, 4) is 0 Å². The molecule has 2 atom stereocenters. The number of carbonyl (C=O) groups excluding carboxylic acids is 2. The summed E-state index contributed by atoms with van der Waals surface area (Å²) in [6.07, 6.45) is 80.1. The number of esters is 1. The van der Waals surface area contributed by atoms with E-state index in [9.17, 15) is 19.8 Å². The molecule has 428 valence electrons. The van der Waals surface area contributed by atoms with Crippen LogP contribution in [0.1, 0.15) is 341 Å². The maximum atomic E-state index is 12.5. The van der Waals surface area contributed by atoms with E-state index in [1.165, 1.54) is 238 Å². The molecular weight excluding hydrogens is 899 g/mol. The Balaban J connectivity index is 3.49. The summed E-state index contributed by atoms with van der Waals surface area (Å²) >= 11 is 0. The first-order valence-electron chi connectivity index (χ1n) is 32.4. The fourth-order valence-corrected chi connectivity index (χ4v) is 9.84. The van der Waals surface area contributed by atoms with Crippen LogP contribution in [-0.2, 0) is 14.3 Å². The number of ether oxygens (including phenoxy) is 1. The SMILES string of the molecule is CCCCC/C=C\C/C=C\CCCCCCCCCCCC(=O)OCCCCCC/C=C\CCCCCCCCCC(=O)NC(CO)C(O)/C=C/CCCCCCCCCCCCCCCCCCCCCC. The van der Waals surface area contributed by atoms with E-state index >= 15 is 0 Å². The number of aliphatic hydroxyl groups is 2. The van der Waals surface area contributed by atoms with Crippen LogP contribution in [0.4, 0.5) is 0 Å². The third kappa shape index (κ3) is 58.9. The number of unbranched alkanes of at least 4 members (excludes halogenated alkanes) is 43. The molecule has 0 aliphatic rings. The van der Waals surface area contributed by atoms with Crippen LogP contribution in [0.5, 0.6) is 0 Å². The molecular formula is C67H125NO5. The molecule has 0 aliphatic carbocycles. The summed E-state index contributed by atoms with van der Waals surface area (Å²) in [6, 6.07) is -0.642. The van der Waals surface area contributed by atoms with Crippen molar-refractivity contribution in [2.24, 2.45) is 0 Å². The van der Waals surface area contributed by atoms with Crippen molar-refractivity contribution in [1.29, 1.82) is 0 Å². The Morgan fingerprint density at radius 3 is 1.08 bits per heavy atom. The second kappa shape index (κ2) is 62.4. The van der Waals surface area contributed by atoms with Crippen LogP contribution in [0.15, 0.2) is 48.6 Å². The summed E-state index contributed by atoms with van der Waals surface area (Å²) in [5.74, 6) is -0.0958. The molecule has 0 aromatic heterocycles. The van der Waals surface area contributed by atoms with Gasteiger partial charge in [-0.05, 0) is 89.9 Å². The maximum Gasteiger partial charge on any atom is 0.305 e. The molecule has 6 heteroatoms. The van der Waals surface area contributed by atoms with Crippen LogP contribution in [0, 0.1) is 0 Å². The number of carbonyl (C=O) groups is 2. The molecule has 73 heavy (non-hydrogen) atoms. The Labute approximate surface area is 455 Å². The van der Waals surface area contributed by atoms with Gasteiger partial charge >= 0.3 is 5.97 Å². The van der Waals surface area contributed by atoms with E-state index < -0.39 is 12.1 Å². The Bertz CT molecular complexity index is 1230. The lowest BCUT2D eigenvalue weighted by molar-refractivity contribution is -0.143. The van der Waals surface area contributed by atoms with Crippen LogP contribution in [-0.4, -0.2) is 47.4 Å². The van der Waals surface area contributed by atoms with Gasteiger partial charge < -0.3 is 20.3 Å². The highest BCUT2D eigenvalue weighted by molar-refractivity contribution is 5.76. The monoisotopic (exact) mass is 1020 g/mol. The lowest BCUT2D eigenvalue weighted by Gasteiger charge is -2.20. The molecule has 0 saturated heterocycles. The molecule has 0 aromatic rings. The minimum absolute atomic E-state index is 0.0147. The van der Waals surface area contributed by atoms with E-state index in [1.807, 2.05) is 6.08 Å². The summed E-state index contributed by atoms with van der Waals surface area (Å²) in [4.78, 5) is 24.6. The van der Waals surface area contributed by atoms with Gasteiger partial charge in [0.2, 0.25) is 5.91 Å². The molecule has 0 aromatic carbocycles. The average Bonchev–Trinajstić information content (AvgIpc) is 3.39. The molecule has 6 nitrogen and oxygen atoms in total. The molecule has 0 spiro atoms. The van der Waals surface area contributed by atoms with Gasteiger partial charge in [0.1, 0.15) is 0 Å². The first kappa shape index (κ1) is 70.8. The Morgan fingerprint density at radius 2 is 0.685 bits per heavy atom. The summed E-state index contributed by atoms with van der Waals surface area (Å²) in [6.45, 7) is 4.86. The van der Waals surface area contributed by atoms with Gasteiger partial charge in [0.15, 0.2) is 0 Å². The second-order valence-corrected chi connectivity index (χ2v) is 22.1. The number of aliphatic hydroxyl groups excluding tert-OH is 2. The molecule has 1 amide bonds. The number of hydrogen-bond acceptors (Lipinski definition) is 5. The standard InChI is InChI=1S/C67H125NO5/c1-3-5-7-9-11-13-15-17-19-21-23-24-25-27-28-31-35-39-43-47-51-55-59-65(70)64(63-69)68-66(71)60-56-52-48-44-40-36-32-30-34-38-42-46-50-54-58-62-73-67(72)61-57-53-49-45-41-37-33-29-26-22-20-18-16-14-12-10-8-6-4-2/h12,14,18,20,34,38,55,59,64-65,69-70H,3-11,13,15-17,19,21-33,35-37,39-54,56-58,60-63H2,1-2H3,(H,68,71)/b14-12-,20-18-,38-34-,59-55+. The van der Waals surface area contributed by atoms with Crippen LogP contribution >= 0.6 is 0 Å². The largest absolute Gasteiger partial charge is 0.466 e. The van der Waals surface area contributed by atoms with Crippen LogP contribution in [0.25, 0.3) is 0 Å². The Hall–Kier alpha value is -2.18. The van der Waals surface area contributed by atoms with Crippen LogP contribution < -0.4 is 5.32 Å². The zero-order valence-electron chi connectivity index (χ0n) is 48.9. The first-order valence-corrected chi connectivity index (χ1v) is 32.4. The first-order chi connectivity index (χ1) is 36.0. The lowest BCUT2D eigenvalue weighted by atomic mass is 10.0. The van der Waals surface area contributed by atoms with Gasteiger partial charge in [0.05, 0.1) is 25.4 Å². The van der Waals surface area contributed by atoms with E-state index in [0.717, 1.165) is 77.0 Å². The number of rotatable bonds is 60. The minimum atomic E-state index is -0.857. The fraction of sp³-hybridized carbons (Fsp3) is 0.851. The van der Waals surface area contributed by atoms with Crippen molar-refractivity contribution in [2.45, 2.75) is 353 Å². The van der Waals surface area contributed by atoms with Crippen LogP contribution in [0.2, 0.25) is 0 Å². The van der Waals surface area contributed by atoms with E-state index in [0.29, 0.717) is 19.4 Å². The van der Waals surface area contributed by atoms with Crippen molar-refractivity contribution in [2.75, 3.05) is 13.2 Å². The predicted molar refractivity (Wildman–Crippen MR) is 319 cm³/mol. The van der Waals surface area contributed by atoms with Crippen LogP contribution in [0.3, 0.4) is 0 Å². The number of amides is 1. The topological polar surface area (TPSA) is 95.9 Å². The van der Waals surface area contributed by atoms with Gasteiger partial charge in [-0.15, -0.1) is 0 Å². The van der Waals surface area contributed by atoms with Gasteiger partial charge in [0, 0.05) is 12.8 Å². The lowest BCUT2D eigenvalue weighted by Crippen LogP contribution is -2.45. The molecule has 0 fully saturated rings. The van der Waals surface area contributed by atoms with E-state index in [-0.39, 0.29) is 18.5 Å². The quantitative estimate of drug-likeness (QED) is 0.0320. The molecule has 0 saturated carbocycles. The Morgan fingerprint density at radius 1 is 0.384 bits per heavy atom. The number of nitrogens with one attached hydrogen (secondary N) is 1. The molecule has 2 unspecified atom stereocenters. The molecule has 3 N–H and O–H groups in total. The highest BCUT2D eigenvalue weighted by Crippen LogP contribution is 2.17. The summed E-state index contributed by atoms with van der Waals surface area (Å²) < 4.78 is 5.48. The van der Waals surface area contributed by atoms with Gasteiger partial charge in [0.25, 0.3) is 0 Å². The summed E-state index contributed by atoms with van der Waals surface area (Å²) in [5, 5.41) is 23.2. The van der Waals surface area contributed by atoms with Crippen molar-refractivity contribution in [3.63, 3.8) is 0 Å². The van der Waals surface area contributed by atoms with Gasteiger partial charge in [-0.1, -0.05) is 287 Å². The smallest absolute Gasteiger partial charge is 0.305 e. The highest BCUT2D eigenvalue weighted by atomic mass is 16.5. The molecule has 0 heterocycles. The number of allylic oxidation sites excluding steroid dienone is 7. The fourth-order valence-electron chi connectivity index (χ4n) is 9.84. The van der Waals surface area contributed by atoms with Crippen molar-refractivity contribution < 1.29 is 24.5 Å². The van der Waals surface area contributed by atoms with Gasteiger partial charge in [-0.3, -0.25) is 9.59 Å². The summed E-state index contributed by atoms with van der Waals surface area (Å²) in [5.41, 5.74) is 0. The van der Waals surface area contributed by atoms with Crippen molar-refractivity contribution in [3.05, 3.63) is 48.6 Å². The highest BCUT2D eigenvalue weighted by Gasteiger charge is 2.18. The second-order valence-electron chi connectivity index (χ2n) is 22.1. The zero-order chi connectivity index (χ0) is 52.9. The van der Waals surface area contributed by atoms with Crippen molar-refractivity contribution in [1.82, 2.24) is 5.32 Å². The van der Waals surface area contributed by atoms with E-state index in [1.54, 1.807) is 6.08 Å². The molecule has 0 bridgehead atoms. The molecule has 0 aliphatic heterocycles.